The lowest BCUT2D eigenvalue weighted by molar-refractivity contribution is -0.143. The van der Waals surface area contributed by atoms with Crippen LogP contribution in [0.15, 0.2) is 48.7 Å². The third-order valence-corrected chi connectivity index (χ3v) is 7.90. The van der Waals surface area contributed by atoms with E-state index >= 15 is 0 Å². The van der Waals surface area contributed by atoms with Crippen molar-refractivity contribution in [2.45, 2.75) is 76.6 Å². The van der Waals surface area contributed by atoms with Crippen LogP contribution < -0.4 is 15.0 Å². The standard InChI is InChI=1S/C33H32F9N3O5/c1-3-23-16-26(25-15-20(31(34,35)36)7-8-27(25)45(23)30(48)49-4-2)44-29-19(13-24(17-43-29)50-9-5-6-28(46)47)10-18-11-21(32(37,38)39)14-22(12-18)33(40,41)42/h7-8,11-15,17,23,26H,3-6,9-10,16H2,1-2H3,(H,43,44)(H,46,47)/t23-,26+/m1/s1. The number of nitrogens with one attached hydrogen (secondary N) is 1. The first-order chi connectivity index (χ1) is 23.3. The summed E-state index contributed by atoms with van der Waals surface area (Å²) < 4.78 is 134. The first-order valence-corrected chi connectivity index (χ1v) is 15.4. The Hall–Kier alpha value is -4.70. The number of carbonyl (C=O) groups is 2. The number of hydrogen-bond acceptors (Lipinski definition) is 6. The van der Waals surface area contributed by atoms with Crippen LogP contribution in [0.2, 0.25) is 0 Å². The zero-order chi connectivity index (χ0) is 37.0. The van der Waals surface area contributed by atoms with Crippen LogP contribution in [-0.4, -0.2) is 41.4 Å². The molecule has 0 radical (unpaired) electrons. The van der Waals surface area contributed by atoms with Gasteiger partial charge < -0.3 is 19.9 Å². The number of benzene rings is 2. The Morgan fingerprint density at radius 2 is 1.56 bits per heavy atom. The van der Waals surface area contributed by atoms with E-state index in [0.717, 1.165) is 18.2 Å². The number of fused-ring (bicyclic) bond motifs is 1. The van der Waals surface area contributed by atoms with Crippen LogP contribution in [-0.2, 0) is 34.5 Å². The Bertz CT molecular complexity index is 1660. The van der Waals surface area contributed by atoms with Gasteiger partial charge in [0.15, 0.2) is 0 Å². The topological polar surface area (TPSA) is 101 Å². The van der Waals surface area contributed by atoms with Crippen LogP contribution in [0.3, 0.4) is 0 Å². The minimum Gasteiger partial charge on any atom is -0.492 e. The fraction of sp³-hybridized carbons (Fsp3) is 0.424. The van der Waals surface area contributed by atoms with E-state index in [2.05, 4.69) is 10.3 Å². The van der Waals surface area contributed by atoms with Crippen molar-refractivity contribution in [1.82, 2.24) is 4.98 Å². The van der Waals surface area contributed by atoms with Crippen LogP contribution in [0.1, 0.15) is 79.0 Å². The molecule has 272 valence electrons. The number of amides is 1. The maximum atomic E-state index is 13.8. The molecule has 8 nitrogen and oxygen atoms in total. The van der Waals surface area contributed by atoms with Crippen molar-refractivity contribution in [3.63, 3.8) is 0 Å². The molecule has 50 heavy (non-hydrogen) atoms. The van der Waals surface area contributed by atoms with Gasteiger partial charge in [-0.25, -0.2) is 9.78 Å². The molecule has 1 aliphatic rings. The lowest BCUT2D eigenvalue weighted by Crippen LogP contribution is -2.46. The zero-order valence-corrected chi connectivity index (χ0v) is 26.6. The second-order valence-corrected chi connectivity index (χ2v) is 11.5. The summed E-state index contributed by atoms with van der Waals surface area (Å²) in [7, 11) is 0. The summed E-state index contributed by atoms with van der Waals surface area (Å²) in [6.45, 7) is 3.19. The summed E-state index contributed by atoms with van der Waals surface area (Å²) >= 11 is 0. The summed E-state index contributed by atoms with van der Waals surface area (Å²) in [5.74, 6) is -1.16. The van der Waals surface area contributed by atoms with Crippen LogP contribution in [0.4, 0.5) is 55.8 Å². The lowest BCUT2D eigenvalue weighted by atomic mass is 9.88. The van der Waals surface area contributed by atoms with E-state index in [9.17, 15) is 49.1 Å². The maximum Gasteiger partial charge on any atom is 0.416 e. The number of carboxylic acid groups (broad SMARTS) is 1. The average Bonchev–Trinajstić information content (AvgIpc) is 3.02. The lowest BCUT2D eigenvalue weighted by Gasteiger charge is -2.40. The number of halogens is 9. The highest BCUT2D eigenvalue weighted by atomic mass is 19.4. The van der Waals surface area contributed by atoms with Crippen molar-refractivity contribution in [3.8, 4) is 5.75 Å². The Morgan fingerprint density at radius 1 is 0.920 bits per heavy atom. The van der Waals surface area contributed by atoms with Crippen LogP contribution in [0.5, 0.6) is 5.75 Å². The molecule has 4 rings (SSSR count). The molecule has 2 N–H and O–H groups in total. The predicted octanol–water partition coefficient (Wildman–Crippen LogP) is 9.27. The van der Waals surface area contributed by atoms with Gasteiger partial charge in [-0.1, -0.05) is 6.92 Å². The second-order valence-electron chi connectivity index (χ2n) is 11.5. The molecule has 17 heteroatoms. The van der Waals surface area contributed by atoms with E-state index in [4.69, 9.17) is 14.6 Å². The SMILES string of the molecule is CCOC(=O)N1c2ccc(C(F)(F)F)cc2[C@@H](Nc2ncc(OCCCC(=O)O)cc2Cc2cc(C(F)(F)F)cc(C(F)(F)F)c2)C[C@H]1CC. The predicted molar refractivity (Wildman–Crippen MR) is 162 cm³/mol. The van der Waals surface area contributed by atoms with Gasteiger partial charge in [0.25, 0.3) is 0 Å². The molecule has 2 heterocycles. The minimum absolute atomic E-state index is 0.00693. The molecule has 1 aromatic heterocycles. The van der Waals surface area contributed by atoms with Crippen molar-refractivity contribution in [2.75, 3.05) is 23.4 Å². The smallest absolute Gasteiger partial charge is 0.416 e. The number of carboxylic acids is 1. The van der Waals surface area contributed by atoms with E-state index in [-0.39, 0.29) is 66.9 Å². The number of aromatic nitrogens is 1. The fourth-order valence-electron chi connectivity index (χ4n) is 5.61. The van der Waals surface area contributed by atoms with E-state index in [0.29, 0.717) is 18.6 Å². The average molecular weight is 722 g/mol. The van der Waals surface area contributed by atoms with Gasteiger partial charge >= 0.3 is 30.6 Å². The molecule has 0 aliphatic carbocycles. The van der Waals surface area contributed by atoms with Crippen molar-refractivity contribution in [1.29, 1.82) is 0 Å². The first kappa shape index (κ1) is 38.1. The summed E-state index contributed by atoms with van der Waals surface area (Å²) in [6, 6.07) is 3.62. The first-order valence-electron chi connectivity index (χ1n) is 15.4. The van der Waals surface area contributed by atoms with E-state index in [1.165, 1.54) is 17.2 Å². The van der Waals surface area contributed by atoms with Crippen LogP contribution in [0.25, 0.3) is 0 Å². The van der Waals surface area contributed by atoms with Gasteiger partial charge in [-0.15, -0.1) is 0 Å². The van der Waals surface area contributed by atoms with E-state index in [1.807, 2.05) is 0 Å². The molecule has 0 saturated carbocycles. The third kappa shape index (κ3) is 9.29. The van der Waals surface area contributed by atoms with E-state index < -0.39 is 71.3 Å². The molecule has 0 fully saturated rings. The number of aliphatic carboxylic acids is 1. The number of pyridine rings is 1. The number of alkyl halides is 9. The molecule has 2 atom stereocenters. The Kier molecular flexibility index (Phi) is 11.5. The van der Waals surface area contributed by atoms with Gasteiger partial charge in [0.1, 0.15) is 11.6 Å². The van der Waals surface area contributed by atoms with Gasteiger partial charge in [0.2, 0.25) is 0 Å². The van der Waals surface area contributed by atoms with Gasteiger partial charge in [-0.05, 0) is 79.8 Å². The molecule has 2 aromatic carbocycles. The van der Waals surface area contributed by atoms with Crippen molar-refractivity contribution in [2.24, 2.45) is 0 Å². The molecule has 3 aromatic rings. The van der Waals surface area contributed by atoms with Gasteiger partial charge in [0.05, 0.1) is 47.8 Å². The molecular formula is C33H32F9N3O5. The molecule has 1 aliphatic heterocycles. The largest absolute Gasteiger partial charge is 0.492 e. The molecule has 1 amide bonds. The van der Waals surface area contributed by atoms with Crippen LogP contribution in [0, 0.1) is 0 Å². The molecule has 0 spiro atoms. The number of rotatable bonds is 11. The summed E-state index contributed by atoms with van der Waals surface area (Å²) in [4.78, 5) is 29.4. The summed E-state index contributed by atoms with van der Waals surface area (Å²) in [6.07, 6.45) is -15.0. The highest BCUT2D eigenvalue weighted by Gasteiger charge is 2.40. The fourth-order valence-corrected chi connectivity index (χ4v) is 5.61. The number of carbonyl (C=O) groups excluding carboxylic acids is 1. The number of nitrogens with zero attached hydrogens (tertiary/aromatic N) is 2. The van der Waals surface area contributed by atoms with Gasteiger partial charge in [0, 0.05) is 24.4 Å². The quantitative estimate of drug-likeness (QED) is 0.150. The summed E-state index contributed by atoms with van der Waals surface area (Å²) in [5, 5.41) is 11.9. The Balaban J connectivity index is 1.82. The molecule has 0 bridgehead atoms. The Labute approximate surface area is 280 Å². The monoisotopic (exact) mass is 721 g/mol. The molecular weight excluding hydrogens is 689 g/mol. The van der Waals surface area contributed by atoms with Crippen molar-refractivity contribution < 1.29 is 63.7 Å². The highest BCUT2D eigenvalue weighted by Crippen LogP contribution is 2.44. The van der Waals surface area contributed by atoms with Crippen molar-refractivity contribution in [3.05, 3.63) is 82.0 Å². The summed E-state index contributed by atoms with van der Waals surface area (Å²) in [5.41, 5.74) is -4.35. The van der Waals surface area contributed by atoms with Crippen molar-refractivity contribution >= 4 is 23.6 Å². The molecule has 0 saturated heterocycles. The number of anilines is 2. The Morgan fingerprint density at radius 3 is 2.12 bits per heavy atom. The normalized spacial score (nSPS) is 16.5. The maximum absolute atomic E-state index is 13.8. The number of hydrogen-bond donors (Lipinski definition) is 2. The number of ether oxygens (including phenoxy) is 2. The zero-order valence-electron chi connectivity index (χ0n) is 26.6. The third-order valence-electron chi connectivity index (χ3n) is 7.90. The highest BCUT2D eigenvalue weighted by molar-refractivity contribution is 5.90. The minimum atomic E-state index is -5.12. The molecule has 0 unspecified atom stereocenters. The second kappa shape index (κ2) is 15.0. The van der Waals surface area contributed by atoms with Gasteiger partial charge in [-0.2, -0.15) is 39.5 Å². The van der Waals surface area contributed by atoms with Gasteiger partial charge in [-0.3, -0.25) is 9.69 Å². The van der Waals surface area contributed by atoms with E-state index in [1.54, 1.807) is 13.8 Å². The van der Waals surface area contributed by atoms with Crippen LogP contribution >= 0.6 is 0 Å².